The number of benzene rings is 2. The summed E-state index contributed by atoms with van der Waals surface area (Å²) in [4.78, 5) is 32.2. The van der Waals surface area contributed by atoms with Gasteiger partial charge in [0, 0.05) is 16.0 Å². The summed E-state index contributed by atoms with van der Waals surface area (Å²) in [6.07, 6.45) is 2.11. The minimum Gasteiger partial charge on any atom is -0.493 e. The third kappa shape index (κ3) is 4.44. The summed E-state index contributed by atoms with van der Waals surface area (Å²) >= 11 is 7.77. The molecule has 1 N–H and O–H groups in total. The van der Waals surface area contributed by atoms with Gasteiger partial charge in [-0.2, -0.15) is 0 Å². The average molecular weight is 484 g/mol. The molecule has 4 rings (SSSR count). The molecule has 0 unspecified atom stereocenters. The third-order valence-electron chi connectivity index (χ3n) is 5.02. The number of aromatic nitrogens is 2. The van der Waals surface area contributed by atoms with E-state index in [0.29, 0.717) is 28.3 Å². The molecule has 0 bridgehead atoms. The van der Waals surface area contributed by atoms with Crippen LogP contribution >= 0.6 is 22.9 Å². The van der Waals surface area contributed by atoms with Crippen molar-refractivity contribution in [2.24, 2.45) is 0 Å². The molecule has 0 saturated heterocycles. The number of carbonyl (C=O) groups is 1. The van der Waals surface area contributed by atoms with E-state index in [1.54, 1.807) is 0 Å². The summed E-state index contributed by atoms with van der Waals surface area (Å²) in [5.74, 6) is 0.176. The SMILES string of the molecule is CCCOc1c(Cl)cc(C(=O)Nn2cnc3sc(C)c(-c4ccccc4)c3c2=O)cc1OC. The van der Waals surface area contributed by atoms with E-state index in [4.69, 9.17) is 21.1 Å². The molecule has 0 fully saturated rings. The lowest BCUT2D eigenvalue weighted by molar-refractivity contribution is 0.101. The second-order valence-corrected chi connectivity index (χ2v) is 8.89. The monoisotopic (exact) mass is 483 g/mol. The molecule has 4 aromatic rings. The van der Waals surface area contributed by atoms with E-state index >= 15 is 0 Å². The largest absolute Gasteiger partial charge is 0.493 e. The van der Waals surface area contributed by atoms with Gasteiger partial charge in [-0.05, 0) is 31.0 Å². The van der Waals surface area contributed by atoms with Crippen LogP contribution in [0.5, 0.6) is 11.5 Å². The number of fused-ring (bicyclic) bond motifs is 1. The summed E-state index contributed by atoms with van der Waals surface area (Å²) in [6.45, 7) is 4.39. The summed E-state index contributed by atoms with van der Waals surface area (Å²) in [5, 5.41) is 0.708. The normalized spacial score (nSPS) is 10.9. The molecule has 0 atom stereocenters. The first-order valence-corrected chi connectivity index (χ1v) is 11.5. The molecular formula is C24H22ClN3O4S. The Balaban J connectivity index is 1.71. The summed E-state index contributed by atoms with van der Waals surface area (Å²) in [6, 6.07) is 12.6. The standard InChI is InChI=1S/C24H22ClN3O4S/c1-4-10-32-21-17(25)11-16(12-18(21)31-3)22(29)27-28-13-26-23-20(24(28)30)19(14(2)33-23)15-8-6-5-7-9-15/h5-9,11-13H,4,10H2,1-3H3,(H,27,29). The Hall–Kier alpha value is -3.36. The van der Waals surface area contributed by atoms with Crippen molar-refractivity contribution in [2.45, 2.75) is 20.3 Å². The van der Waals surface area contributed by atoms with Gasteiger partial charge in [0.25, 0.3) is 11.5 Å². The molecule has 2 aromatic carbocycles. The Morgan fingerprint density at radius 2 is 2.00 bits per heavy atom. The highest BCUT2D eigenvalue weighted by Crippen LogP contribution is 2.37. The van der Waals surface area contributed by atoms with Crippen LogP contribution in [0.25, 0.3) is 21.3 Å². The molecule has 2 aromatic heterocycles. The second-order valence-electron chi connectivity index (χ2n) is 7.28. The van der Waals surface area contributed by atoms with Gasteiger partial charge >= 0.3 is 0 Å². The quantitative estimate of drug-likeness (QED) is 0.387. The van der Waals surface area contributed by atoms with Crippen LogP contribution in [0.1, 0.15) is 28.6 Å². The van der Waals surface area contributed by atoms with Crippen LogP contribution in [0, 0.1) is 6.92 Å². The number of rotatable bonds is 7. The fourth-order valence-corrected chi connectivity index (χ4v) is 4.77. The summed E-state index contributed by atoms with van der Waals surface area (Å²) < 4.78 is 12.1. The Kier molecular flexibility index (Phi) is 6.67. The predicted molar refractivity (Wildman–Crippen MR) is 132 cm³/mol. The van der Waals surface area contributed by atoms with Gasteiger partial charge in [0.2, 0.25) is 0 Å². The Bertz CT molecular complexity index is 1380. The maximum absolute atomic E-state index is 13.3. The third-order valence-corrected chi connectivity index (χ3v) is 6.31. The lowest BCUT2D eigenvalue weighted by Gasteiger charge is -2.14. The van der Waals surface area contributed by atoms with Crippen molar-refractivity contribution in [3.8, 4) is 22.6 Å². The number of carbonyl (C=O) groups excluding carboxylic acids is 1. The first-order chi connectivity index (χ1) is 15.9. The molecule has 7 nitrogen and oxygen atoms in total. The number of thiophene rings is 1. The topological polar surface area (TPSA) is 82.5 Å². The smallest absolute Gasteiger partial charge is 0.281 e. The summed E-state index contributed by atoms with van der Waals surface area (Å²) in [7, 11) is 1.47. The number of nitrogens with one attached hydrogen (secondary N) is 1. The van der Waals surface area contributed by atoms with E-state index in [9.17, 15) is 9.59 Å². The molecule has 33 heavy (non-hydrogen) atoms. The van der Waals surface area contributed by atoms with Gasteiger partial charge in [-0.25, -0.2) is 9.66 Å². The molecule has 0 saturated carbocycles. The maximum atomic E-state index is 13.3. The van der Waals surface area contributed by atoms with Crippen molar-refractivity contribution < 1.29 is 14.3 Å². The molecule has 1 amide bonds. The van der Waals surface area contributed by atoms with Crippen molar-refractivity contribution in [1.29, 1.82) is 0 Å². The molecular weight excluding hydrogens is 462 g/mol. The van der Waals surface area contributed by atoms with Crippen LogP contribution in [0.2, 0.25) is 5.02 Å². The zero-order valence-electron chi connectivity index (χ0n) is 18.3. The average Bonchev–Trinajstić information content (AvgIpc) is 3.16. The maximum Gasteiger partial charge on any atom is 0.281 e. The van der Waals surface area contributed by atoms with E-state index in [-0.39, 0.29) is 16.1 Å². The van der Waals surface area contributed by atoms with E-state index in [1.807, 2.05) is 44.2 Å². The molecule has 2 heterocycles. The van der Waals surface area contributed by atoms with Crippen LogP contribution in [0.3, 0.4) is 0 Å². The highest BCUT2D eigenvalue weighted by atomic mass is 35.5. The van der Waals surface area contributed by atoms with Crippen molar-refractivity contribution in [1.82, 2.24) is 9.66 Å². The fourth-order valence-electron chi connectivity index (χ4n) is 3.50. The van der Waals surface area contributed by atoms with E-state index in [1.165, 1.54) is 36.9 Å². The van der Waals surface area contributed by atoms with Crippen molar-refractivity contribution >= 4 is 39.1 Å². The molecule has 0 radical (unpaired) electrons. The Morgan fingerprint density at radius 3 is 2.70 bits per heavy atom. The van der Waals surface area contributed by atoms with Crippen molar-refractivity contribution in [3.05, 3.63) is 74.6 Å². The van der Waals surface area contributed by atoms with E-state index < -0.39 is 5.91 Å². The van der Waals surface area contributed by atoms with Gasteiger partial charge in [0.15, 0.2) is 11.5 Å². The van der Waals surface area contributed by atoms with Crippen LogP contribution in [-0.2, 0) is 0 Å². The predicted octanol–water partition coefficient (Wildman–Crippen LogP) is 5.27. The molecule has 0 aliphatic rings. The van der Waals surface area contributed by atoms with E-state index in [2.05, 4.69) is 10.4 Å². The molecule has 170 valence electrons. The minimum absolute atomic E-state index is 0.220. The van der Waals surface area contributed by atoms with Crippen molar-refractivity contribution in [2.75, 3.05) is 19.1 Å². The van der Waals surface area contributed by atoms with Crippen LogP contribution < -0.4 is 20.5 Å². The second kappa shape index (κ2) is 9.64. The fraction of sp³-hybridized carbons (Fsp3) is 0.208. The lowest BCUT2D eigenvalue weighted by Crippen LogP contribution is -2.33. The van der Waals surface area contributed by atoms with Gasteiger partial charge in [-0.1, -0.05) is 48.9 Å². The Morgan fingerprint density at radius 1 is 1.24 bits per heavy atom. The zero-order chi connectivity index (χ0) is 23.5. The van der Waals surface area contributed by atoms with Crippen LogP contribution in [0.4, 0.5) is 0 Å². The minimum atomic E-state index is -0.534. The number of ether oxygens (including phenoxy) is 2. The number of nitrogens with zero attached hydrogens (tertiary/aromatic N) is 2. The van der Waals surface area contributed by atoms with Crippen LogP contribution in [-0.4, -0.2) is 29.3 Å². The van der Waals surface area contributed by atoms with Gasteiger partial charge in [-0.15, -0.1) is 11.3 Å². The highest BCUT2D eigenvalue weighted by molar-refractivity contribution is 7.19. The number of hydrogen-bond acceptors (Lipinski definition) is 6. The van der Waals surface area contributed by atoms with Gasteiger partial charge in [0.05, 0.1) is 24.1 Å². The van der Waals surface area contributed by atoms with Gasteiger partial charge in [-0.3, -0.25) is 15.0 Å². The number of hydrogen-bond donors (Lipinski definition) is 1. The Labute approximate surface area is 199 Å². The summed E-state index contributed by atoms with van der Waals surface area (Å²) in [5.41, 5.74) is 4.19. The zero-order valence-corrected chi connectivity index (χ0v) is 19.9. The highest BCUT2D eigenvalue weighted by Gasteiger charge is 2.19. The first-order valence-electron chi connectivity index (χ1n) is 10.3. The molecule has 0 aliphatic carbocycles. The number of amides is 1. The van der Waals surface area contributed by atoms with E-state index in [0.717, 1.165) is 27.1 Å². The molecule has 9 heteroatoms. The molecule has 0 spiro atoms. The first kappa shape index (κ1) is 22.8. The van der Waals surface area contributed by atoms with Gasteiger partial charge < -0.3 is 9.47 Å². The van der Waals surface area contributed by atoms with Gasteiger partial charge in [0.1, 0.15) is 11.2 Å². The molecule has 0 aliphatic heterocycles. The van der Waals surface area contributed by atoms with Crippen LogP contribution in [0.15, 0.2) is 53.6 Å². The number of halogens is 1. The number of methoxy groups -OCH3 is 1. The number of aryl methyl sites for hydroxylation is 1. The van der Waals surface area contributed by atoms with Crippen molar-refractivity contribution in [3.63, 3.8) is 0 Å². The lowest BCUT2D eigenvalue weighted by atomic mass is 10.0.